The summed E-state index contributed by atoms with van der Waals surface area (Å²) in [5.74, 6) is -0.994. The Morgan fingerprint density at radius 1 is 1.38 bits per heavy atom. The first-order chi connectivity index (χ1) is 12.1. The highest BCUT2D eigenvalue weighted by atomic mass is 35.5. The molecule has 146 valence electrons. The fourth-order valence-corrected chi connectivity index (χ4v) is 4.53. The molecule has 2 rings (SSSR count). The molecule has 0 saturated carbocycles. The van der Waals surface area contributed by atoms with Crippen molar-refractivity contribution in [3.8, 4) is 0 Å². The molecule has 0 spiro atoms. The fourth-order valence-electron chi connectivity index (χ4n) is 2.90. The topological polar surface area (TPSA) is 87.2 Å². The molecule has 8 heteroatoms. The Labute approximate surface area is 160 Å². The van der Waals surface area contributed by atoms with E-state index in [0.29, 0.717) is 37.4 Å². The molecule has 2 atom stereocenters. The lowest BCUT2D eigenvalue weighted by Gasteiger charge is -2.18. The van der Waals surface area contributed by atoms with Crippen LogP contribution in [0.3, 0.4) is 0 Å². The van der Waals surface area contributed by atoms with E-state index in [1.807, 2.05) is 13.8 Å². The number of epoxide rings is 1. The summed E-state index contributed by atoms with van der Waals surface area (Å²) in [5, 5.41) is 9.69. The van der Waals surface area contributed by atoms with E-state index in [-0.39, 0.29) is 16.9 Å². The molecule has 0 radical (unpaired) electrons. The Morgan fingerprint density at radius 3 is 2.58 bits per heavy atom. The number of aryl methyl sites for hydroxylation is 1. The van der Waals surface area contributed by atoms with E-state index in [4.69, 9.17) is 16.3 Å². The molecule has 1 saturated heterocycles. The molecular weight excluding hydrogens is 378 g/mol. The van der Waals surface area contributed by atoms with Crippen molar-refractivity contribution in [3.05, 3.63) is 28.8 Å². The Bertz CT molecular complexity index is 746. The Morgan fingerprint density at radius 2 is 2.04 bits per heavy atom. The number of rotatable bonds is 10. The average Bonchev–Trinajstić information content (AvgIpc) is 3.34. The quantitative estimate of drug-likeness (QED) is 0.606. The summed E-state index contributed by atoms with van der Waals surface area (Å²) in [7, 11) is -2.15. The fraction of sp³-hybridized carbons (Fsp3) is 0.611. The van der Waals surface area contributed by atoms with Gasteiger partial charge in [-0.2, -0.15) is 4.31 Å². The molecule has 26 heavy (non-hydrogen) atoms. The number of ether oxygens (including phenoxy) is 1. The van der Waals surface area contributed by atoms with Crippen molar-refractivity contribution in [2.75, 3.05) is 20.2 Å². The smallest absolute Gasteiger partial charge is 0.306 e. The van der Waals surface area contributed by atoms with Gasteiger partial charge >= 0.3 is 5.97 Å². The van der Waals surface area contributed by atoms with E-state index >= 15 is 0 Å². The van der Waals surface area contributed by atoms with Gasteiger partial charge in [0, 0.05) is 18.6 Å². The van der Waals surface area contributed by atoms with E-state index in [1.165, 1.54) is 17.4 Å². The molecule has 0 aliphatic carbocycles. The van der Waals surface area contributed by atoms with Crippen LogP contribution in [0.15, 0.2) is 23.1 Å². The number of benzene rings is 1. The summed E-state index contributed by atoms with van der Waals surface area (Å²) >= 11 is 6.12. The van der Waals surface area contributed by atoms with E-state index < -0.39 is 21.9 Å². The minimum atomic E-state index is -3.66. The number of likely N-dealkylation sites (N-methyl/N-ethyl adjacent to an activating group) is 1. The molecule has 2 unspecified atom stereocenters. The van der Waals surface area contributed by atoms with Gasteiger partial charge in [0.25, 0.3) is 0 Å². The number of nitrogens with zero attached hydrogens (tertiary/aromatic N) is 1. The normalized spacial score (nSPS) is 18.3. The van der Waals surface area contributed by atoms with Crippen molar-refractivity contribution in [3.63, 3.8) is 0 Å². The summed E-state index contributed by atoms with van der Waals surface area (Å²) < 4.78 is 31.8. The van der Waals surface area contributed by atoms with E-state index in [2.05, 4.69) is 0 Å². The maximum atomic E-state index is 12.7. The molecular formula is C18H26ClNO5S. The zero-order chi connectivity index (χ0) is 19.5. The first kappa shape index (κ1) is 21.2. The third kappa shape index (κ3) is 5.94. The van der Waals surface area contributed by atoms with Crippen molar-refractivity contribution in [2.45, 2.75) is 44.1 Å². The van der Waals surface area contributed by atoms with Gasteiger partial charge in [0.05, 0.1) is 23.5 Å². The van der Waals surface area contributed by atoms with Crippen molar-refractivity contribution in [2.24, 2.45) is 11.8 Å². The van der Waals surface area contributed by atoms with Gasteiger partial charge in [0.2, 0.25) is 10.0 Å². The van der Waals surface area contributed by atoms with Crippen LogP contribution < -0.4 is 0 Å². The van der Waals surface area contributed by atoms with Gasteiger partial charge in [0.15, 0.2) is 0 Å². The van der Waals surface area contributed by atoms with Gasteiger partial charge in [-0.1, -0.05) is 25.4 Å². The summed E-state index contributed by atoms with van der Waals surface area (Å²) in [4.78, 5) is 11.5. The first-order valence-corrected chi connectivity index (χ1v) is 10.5. The zero-order valence-electron chi connectivity index (χ0n) is 15.3. The lowest BCUT2D eigenvalue weighted by Crippen LogP contribution is -2.30. The van der Waals surface area contributed by atoms with Gasteiger partial charge < -0.3 is 9.84 Å². The van der Waals surface area contributed by atoms with Crippen LogP contribution in [0.2, 0.25) is 5.02 Å². The molecule has 0 aromatic heterocycles. The number of carbonyl (C=O) groups is 1. The molecule has 0 amide bonds. The number of aliphatic carboxylic acids is 1. The Hall–Kier alpha value is -1.15. The Balaban J connectivity index is 2.14. The molecule has 6 nitrogen and oxygen atoms in total. The predicted octanol–water partition coefficient (Wildman–Crippen LogP) is 3.04. The third-order valence-corrected chi connectivity index (χ3v) is 6.41. The van der Waals surface area contributed by atoms with Gasteiger partial charge in [0.1, 0.15) is 0 Å². The lowest BCUT2D eigenvalue weighted by molar-refractivity contribution is -0.142. The second-order valence-corrected chi connectivity index (χ2v) is 9.72. The second kappa shape index (κ2) is 8.69. The summed E-state index contributed by atoms with van der Waals surface area (Å²) in [6, 6.07) is 4.70. The number of hydrogen-bond acceptors (Lipinski definition) is 4. The molecule has 1 aromatic rings. The number of carboxylic acids is 1. The Kier molecular flexibility index (Phi) is 7.07. The van der Waals surface area contributed by atoms with Gasteiger partial charge in [-0.25, -0.2) is 8.42 Å². The average molecular weight is 404 g/mol. The van der Waals surface area contributed by atoms with Crippen LogP contribution in [0.5, 0.6) is 0 Å². The SMILES string of the molecule is CC(C)CC(CCc1cc(Cl)cc(S(=O)(=O)N(C)CC2CO2)c1)C(=O)O. The van der Waals surface area contributed by atoms with Crippen LogP contribution >= 0.6 is 11.6 Å². The third-order valence-electron chi connectivity index (χ3n) is 4.39. The maximum Gasteiger partial charge on any atom is 0.306 e. The van der Waals surface area contributed by atoms with Crippen LogP contribution in [0.25, 0.3) is 0 Å². The number of sulfonamides is 1. The number of hydrogen-bond donors (Lipinski definition) is 1. The minimum Gasteiger partial charge on any atom is -0.481 e. The molecule has 1 N–H and O–H groups in total. The molecule has 1 fully saturated rings. The number of halogens is 1. The number of carboxylic acid groups (broad SMARTS) is 1. The van der Waals surface area contributed by atoms with Gasteiger partial charge in [-0.15, -0.1) is 0 Å². The van der Waals surface area contributed by atoms with Crippen LogP contribution in [-0.2, 0) is 26.0 Å². The van der Waals surface area contributed by atoms with Crippen LogP contribution in [0.4, 0.5) is 0 Å². The molecule has 1 aromatic carbocycles. The van der Waals surface area contributed by atoms with Crippen LogP contribution in [0.1, 0.15) is 32.3 Å². The largest absolute Gasteiger partial charge is 0.481 e. The minimum absolute atomic E-state index is 0.0409. The van der Waals surface area contributed by atoms with E-state index in [0.717, 1.165) is 5.56 Å². The van der Waals surface area contributed by atoms with Crippen molar-refractivity contribution in [1.82, 2.24) is 4.31 Å². The highest BCUT2D eigenvalue weighted by Crippen LogP contribution is 2.25. The zero-order valence-corrected chi connectivity index (χ0v) is 16.9. The summed E-state index contributed by atoms with van der Waals surface area (Å²) in [5.41, 5.74) is 0.724. The van der Waals surface area contributed by atoms with Gasteiger partial charge in [-0.05, 0) is 48.9 Å². The highest BCUT2D eigenvalue weighted by Gasteiger charge is 2.30. The van der Waals surface area contributed by atoms with Crippen molar-refractivity contribution >= 4 is 27.6 Å². The molecule has 1 aliphatic rings. The second-order valence-electron chi connectivity index (χ2n) is 7.24. The molecule has 0 bridgehead atoms. The van der Waals surface area contributed by atoms with Crippen LogP contribution in [-0.4, -0.2) is 50.1 Å². The molecule has 1 aliphatic heterocycles. The molecule has 1 heterocycles. The summed E-state index contributed by atoms with van der Waals surface area (Å²) in [6.07, 6.45) is 1.45. The summed E-state index contributed by atoms with van der Waals surface area (Å²) in [6.45, 7) is 4.85. The first-order valence-electron chi connectivity index (χ1n) is 8.69. The monoisotopic (exact) mass is 403 g/mol. The van der Waals surface area contributed by atoms with E-state index in [9.17, 15) is 18.3 Å². The van der Waals surface area contributed by atoms with Gasteiger partial charge in [-0.3, -0.25) is 4.79 Å². The highest BCUT2D eigenvalue weighted by molar-refractivity contribution is 7.89. The maximum absolute atomic E-state index is 12.7. The van der Waals surface area contributed by atoms with E-state index in [1.54, 1.807) is 12.1 Å². The van der Waals surface area contributed by atoms with Crippen LogP contribution in [0, 0.1) is 11.8 Å². The standard InChI is InChI=1S/C18H26ClNO5S/c1-12(2)6-14(18(21)22)5-4-13-7-15(19)9-17(8-13)26(23,24)20(3)10-16-11-25-16/h7-9,12,14,16H,4-6,10-11H2,1-3H3,(H,21,22). The van der Waals surface area contributed by atoms with Crippen molar-refractivity contribution < 1.29 is 23.1 Å². The predicted molar refractivity (Wildman–Crippen MR) is 99.9 cm³/mol. The van der Waals surface area contributed by atoms with Crippen molar-refractivity contribution in [1.29, 1.82) is 0 Å². The lowest BCUT2D eigenvalue weighted by atomic mass is 9.91.